The first-order valence-electron chi connectivity index (χ1n) is 10.6. The van der Waals surface area contributed by atoms with Crippen LogP contribution in [-0.2, 0) is 4.74 Å². The van der Waals surface area contributed by atoms with E-state index in [-0.39, 0.29) is 34.6 Å². The van der Waals surface area contributed by atoms with E-state index in [1.807, 2.05) is 24.3 Å². The Labute approximate surface area is 207 Å². The molecular formula is C26H16ClNO6S. The maximum atomic E-state index is 13.5. The molecule has 0 aliphatic rings. The molecule has 0 fully saturated rings. The summed E-state index contributed by atoms with van der Waals surface area (Å²) in [6.45, 7) is 1.75. The van der Waals surface area contributed by atoms with E-state index in [0.29, 0.717) is 21.1 Å². The fraction of sp³-hybridized carbons (Fsp3) is 0.0769. The van der Waals surface area contributed by atoms with E-state index >= 15 is 0 Å². The first-order chi connectivity index (χ1) is 16.9. The lowest BCUT2D eigenvalue weighted by Gasteiger charge is -2.09. The molecule has 0 spiro atoms. The van der Waals surface area contributed by atoms with Gasteiger partial charge < -0.3 is 13.9 Å². The minimum Gasteiger partial charge on any atom is -0.460 e. The minimum absolute atomic E-state index is 0.0306. The van der Waals surface area contributed by atoms with E-state index in [4.69, 9.17) is 25.5 Å². The summed E-state index contributed by atoms with van der Waals surface area (Å²) in [6, 6.07) is 18.0. The van der Waals surface area contributed by atoms with Crippen LogP contribution < -0.4 is 10.2 Å². The second kappa shape index (κ2) is 9.32. The largest absolute Gasteiger partial charge is 0.460 e. The second-order valence-electron chi connectivity index (χ2n) is 7.40. The van der Waals surface area contributed by atoms with Crippen LogP contribution in [0.15, 0.2) is 75.9 Å². The quantitative estimate of drug-likeness (QED) is 0.210. The molecule has 7 nitrogen and oxygen atoms in total. The standard InChI is InChI=1S/C26H16ClNO6S/c1-2-32-26(31)23-21(24-28-18-5-3-4-6-20(18)35-24)22(29)17-12-11-16(13-19(17)34-23)33-25(30)14-7-9-15(27)10-8-14/h3-13H,2H2,1H3. The summed E-state index contributed by atoms with van der Waals surface area (Å²) in [4.78, 5) is 43.2. The third kappa shape index (κ3) is 4.41. The van der Waals surface area contributed by atoms with Gasteiger partial charge in [0.15, 0.2) is 0 Å². The summed E-state index contributed by atoms with van der Waals surface area (Å²) < 4.78 is 17.3. The van der Waals surface area contributed by atoms with Crippen molar-refractivity contribution in [2.75, 3.05) is 6.61 Å². The van der Waals surface area contributed by atoms with Gasteiger partial charge in [0.1, 0.15) is 21.9 Å². The summed E-state index contributed by atoms with van der Waals surface area (Å²) in [5.74, 6) is -1.52. The summed E-state index contributed by atoms with van der Waals surface area (Å²) in [5.41, 5.74) is 0.664. The van der Waals surface area contributed by atoms with Gasteiger partial charge in [-0.25, -0.2) is 14.6 Å². The molecule has 0 radical (unpaired) electrons. The number of hydrogen-bond acceptors (Lipinski definition) is 8. The van der Waals surface area contributed by atoms with Crippen molar-refractivity contribution in [1.29, 1.82) is 0 Å². The van der Waals surface area contributed by atoms with Crippen molar-refractivity contribution < 1.29 is 23.5 Å². The molecule has 0 aliphatic carbocycles. The third-order valence-corrected chi connectivity index (χ3v) is 6.43. The number of halogens is 1. The molecule has 0 atom stereocenters. The van der Waals surface area contributed by atoms with E-state index in [1.54, 1.807) is 19.1 Å². The number of thiazole rings is 1. The maximum absolute atomic E-state index is 13.5. The smallest absolute Gasteiger partial charge is 0.375 e. The van der Waals surface area contributed by atoms with Crippen LogP contribution >= 0.6 is 22.9 Å². The van der Waals surface area contributed by atoms with E-state index < -0.39 is 17.4 Å². The van der Waals surface area contributed by atoms with Crippen molar-refractivity contribution in [3.8, 4) is 16.3 Å². The highest BCUT2D eigenvalue weighted by atomic mass is 35.5. The molecule has 0 amide bonds. The van der Waals surface area contributed by atoms with Crippen LogP contribution in [-0.4, -0.2) is 23.5 Å². The Hall–Kier alpha value is -4.01. The molecule has 9 heteroatoms. The van der Waals surface area contributed by atoms with Crippen LogP contribution in [0.2, 0.25) is 5.02 Å². The zero-order valence-electron chi connectivity index (χ0n) is 18.2. The van der Waals surface area contributed by atoms with Crippen molar-refractivity contribution in [3.05, 3.63) is 93.3 Å². The minimum atomic E-state index is -0.788. The Kier molecular flexibility index (Phi) is 6.07. The van der Waals surface area contributed by atoms with Gasteiger partial charge in [0.05, 0.1) is 27.8 Å². The van der Waals surface area contributed by atoms with Crippen molar-refractivity contribution in [1.82, 2.24) is 4.98 Å². The van der Waals surface area contributed by atoms with Crippen LogP contribution in [0.5, 0.6) is 5.75 Å². The number of carbonyl (C=O) groups excluding carboxylic acids is 2. The normalized spacial score (nSPS) is 11.0. The molecule has 3 aromatic carbocycles. The van der Waals surface area contributed by atoms with Gasteiger partial charge in [0, 0.05) is 11.1 Å². The third-order valence-electron chi connectivity index (χ3n) is 5.12. The molecule has 0 N–H and O–H groups in total. The SMILES string of the molecule is CCOC(=O)c1oc2cc(OC(=O)c3ccc(Cl)cc3)ccc2c(=O)c1-c1nc2ccccc2s1. The van der Waals surface area contributed by atoms with Crippen LogP contribution in [0, 0.1) is 0 Å². The number of carbonyl (C=O) groups is 2. The number of nitrogens with zero attached hydrogens (tertiary/aromatic N) is 1. The lowest BCUT2D eigenvalue weighted by atomic mass is 10.1. The fourth-order valence-electron chi connectivity index (χ4n) is 3.50. The average molecular weight is 506 g/mol. The molecule has 174 valence electrons. The van der Waals surface area contributed by atoms with Gasteiger partial charge in [-0.15, -0.1) is 11.3 Å². The van der Waals surface area contributed by atoms with E-state index in [9.17, 15) is 14.4 Å². The molecule has 0 saturated carbocycles. The highest BCUT2D eigenvalue weighted by Crippen LogP contribution is 2.33. The first kappa shape index (κ1) is 22.8. The Morgan fingerprint density at radius 3 is 2.54 bits per heavy atom. The number of hydrogen-bond donors (Lipinski definition) is 0. The average Bonchev–Trinajstić information content (AvgIpc) is 3.28. The summed E-state index contributed by atoms with van der Waals surface area (Å²) in [6.07, 6.45) is 0. The molecule has 0 bridgehead atoms. The lowest BCUT2D eigenvalue weighted by molar-refractivity contribution is 0.0491. The Bertz CT molecular complexity index is 1620. The molecule has 0 unspecified atom stereocenters. The molecule has 5 aromatic rings. The molecule has 0 saturated heterocycles. The van der Waals surface area contributed by atoms with Gasteiger partial charge in [-0.05, 0) is 55.5 Å². The Morgan fingerprint density at radius 2 is 1.80 bits per heavy atom. The number of fused-ring (bicyclic) bond motifs is 2. The number of para-hydroxylation sites is 1. The van der Waals surface area contributed by atoms with Gasteiger partial charge in [-0.2, -0.15) is 0 Å². The van der Waals surface area contributed by atoms with Crippen molar-refractivity contribution >= 4 is 56.1 Å². The second-order valence-corrected chi connectivity index (χ2v) is 8.86. The summed E-state index contributed by atoms with van der Waals surface area (Å²) in [7, 11) is 0. The van der Waals surface area contributed by atoms with Gasteiger partial charge in [0.25, 0.3) is 0 Å². The maximum Gasteiger partial charge on any atom is 0.375 e. The van der Waals surface area contributed by atoms with Gasteiger partial charge in [-0.3, -0.25) is 4.79 Å². The van der Waals surface area contributed by atoms with Gasteiger partial charge >= 0.3 is 11.9 Å². The summed E-state index contributed by atoms with van der Waals surface area (Å²) in [5, 5.41) is 1.05. The number of rotatable bonds is 5. The molecule has 2 aromatic heterocycles. The highest BCUT2D eigenvalue weighted by molar-refractivity contribution is 7.21. The predicted molar refractivity (Wildman–Crippen MR) is 133 cm³/mol. The molecule has 2 heterocycles. The Morgan fingerprint density at radius 1 is 1.03 bits per heavy atom. The monoisotopic (exact) mass is 505 g/mol. The van der Waals surface area contributed by atoms with E-state index in [2.05, 4.69) is 4.98 Å². The van der Waals surface area contributed by atoms with Gasteiger partial charge in [0.2, 0.25) is 11.2 Å². The number of ether oxygens (including phenoxy) is 2. The lowest BCUT2D eigenvalue weighted by Crippen LogP contribution is -2.15. The van der Waals surface area contributed by atoms with Gasteiger partial charge in [-0.1, -0.05) is 23.7 Å². The van der Waals surface area contributed by atoms with Crippen molar-refractivity contribution in [2.24, 2.45) is 0 Å². The number of aromatic nitrogens is 1. The predicted octanol–water partition coefficient (Wildman–Crippen LogP) is 6.12. The fourth-order valence-corrected chi connectivity index (χ4v) is 4.63. The zero-order chi connectivity index (χ0) is 24.5. The van der Waals surface area contributed by atoms with E-state index in [1.165, 1.54) is 41.7 Å². The van der Waals surface area contributed by atoms with Crippen LogP contribution in [0.3, 0.4) is 0 Å². The summed E-state index contributed by atoms with van der Waals surface area (Å²) >= 11 is 7.14. The van der Waals surface area contributed by atoms with Crippen LogP contribution in [0.1, 0.15) is 27.8 Å². The molecule has 35 heavy (non-hydrogen) atoms. The molecular weight excluding hydrogens is 490 g/mol. The van der Waals surface area contributed by atoms with Crippen LogP contribution in [0.4, 0.5) is 0 Å². The molecule has 0 aliphatic heterocycles. The zero-order valence-corrected chi connectivity index (χ0v) is 19.8. The molecule has 5 rings (SSSR count). The highest BCUT2D eigenvalue weighted by Gasteiger charge is 2.26. The van der Waals surface area contributed by atoms with Crippen molar-refractivity contribution in [3.63, 3.8) is 0 Å². The first-order valence-corrected chi connectivity index (χ1v) is 11.8. The topological polar surface area (TPSA) is 95.7 Å². The number of benzene rings is 3. The number of esters is 2. The Balaban J connectivity index is 1.61. The van der Waals surface area contributed by atoms with Crippen molar-refractivity contribution in [2.45, 2.75) is 6.92 Å². The van der Waals surface area contributed by atoms with E-state index in [0.717, 1.165) is 4.70 Å². The van der Waals surface area contributed by atoms with Crippen LogP contribution in [0.25, 0.3) is 31.8 Å².